The normalized spacial score (nSPS) is 11.4. The molecular formula is C24H17BrFN3O2. The van der Waals surface area contributed by atoms with Crippen molar-refractivity contribution >= 4 is 38.6 Å². The maximum absolute atomic E-state index is 13.4. The van der Waals surface area contributed by atoms with Crippen molar-refractivity contribution in [1.29, 1.82) is 5.26 Å². The van der Waals surface area contributed by atoms with Gasteiger partial charge in [-0.2, -0.15) is 5.26 Å². The van der Waals surface area contributed by atoms with E-state index >= 15 is 0 Å². The van der Waals surface area contributed by atoms with E-state index in [1.54, 1.807) is 31.4 Å². The minimum Gasteiger partial charge on any atom is -0.493 e. The fourth-order valence-corrected chi connectivity index (χ4v) is 3.33. The number of H-pyrrole nitrogens is 1. The van der Waals surface area contributed by atoms with Gasteiger partial charge in [0, 0.05) is 4.47 Å². The fraction of sp³-hybridized carbons (Fsp3) is 0.0833. The maximum Gasteiger partial charge on any atom is 0.161 e. The van der Waals surface area contributed by atoms with Crippen molar-refractivity contribution in [3.05, 3.63) is 87.9 Å². The van der Waals surface area contributed by atoms with Crippen molar-refractivity contribution in [3.63, 3.8) is 0 Å². The van der Waals surface area contributed by atoms with Gasteiger partial charge in [0.15, 0.2) is 11.5 Å². The van der Waals surface area contributed by atoms with Crippen LogP contribution >= 0.6 is 15.9 Å². The first kappa shape index (κ1) is 20.6. The number of ether oxygens (including phenoxy) is 2. The number of hydrogen-bond donors (Lipinski definition) is 1. The number of allylic oxidation sites excluding steroid dienone is 1. The standard InChI is InChI=1S/C24H17BrFN3O2/c1-30-23-11-16(4-9-22(23)31-14-15-2-5-18(25)6-3-15)10-17(13-27)24-28-20-8-7-19(26)12-21(20)29-24/h2-12H,14H2,1H3,(H,28,29)/b17-10-. The Balaban J connectivity index is 1.58. The van der Waals surface area contributed by atoms with Gasteiger partial charge in [0.1, 0.15) is 24.3 Å². The molecule has 0 aliphatic carbocycles. The number of nitrogens with zero attached hydrogens (tertiary/aromatic N) is 2. The Kier molecular flexibility index (Phi) is 6.01. The van der Waals surface area contributed by atoms with Gasteiger partial charge in [-0.05, 0) is 59.7 Å². The first-order chi connectivity index (χ1) is 15.1. The largest absolute Gasteiger partial charge is 0.493 e. The van der Waals surface area contributed by atoms with E-state index in [2.05, 4.69) is 32.0 Å². The first-order valence-corrected chi connectivity index (χ1v) is 10.2. The highest BCUT2D eigenvalue weighted by atomic mass is 79.9. The van der Waals surface area contributed by atoms with E-state index in [0.717, 1.165) is 15.6 Å². The molecular weight excluding hydrogens is 461 g/mol. The number of rotatable bonds is 6. The lowest BCUT2D eigenvalue weighted by Crippen LogP contribution is -1.98. The third kappa shape index (κ3) is 4.76. The van der Waals surface area contributed by atoms with Crippen LogP contribution in [0.1, 0.15) is 17.0 Å². The molecule has 0 unspecified atom stereocenters. The van der Waals surface area contributed by atoms with Crippen LogP contribution in [0.4, 0.5) is 4.39 Å². The highest BCUT2D eigenvalue weighted by Crippen LogP contribution is 2.30. The maximum atomic E-state index is 13.4. The van der Waals surface area contributed by atoms with E-state index in [4.69, 9.17) is 9.47 Å². The summed E-state index contributed by atoms with van der Waals surface area (Å²) in [5, 5.41) is 9.62. The Morgan fingerprint density at radius 3 is 2.68 bits per heavy atom. The van der Waals surface area contributed by atoms with Crippen molar-refractivity contribution in [3.8, 4) is 17.6 Å². The number of fused-ring (bicyclic) bond motifs is 1. The Labute approximate surface area is 186 Å². The van der Waals surface area contributed by atoms with Crippen LogP contribution in [0.15, 0.2) is 65.1 Å². The predicted octanol–water partition coefficient (Wildman–Crippen LogP) is 6.12. The average molecular weight is 478 g/mol. The fourth-order valence-electron chi connectivity index (χ4n) is 3.06. The number of hydrogen-bond acceptors (Lipinski definition) is 4. The molecule has 0 fully saturated rings. The van der Waals surface area contributed by atoms with E-state index in [9.17, 15) is 9.65 Å². The van der Waals surface area contributed by atoms with E-state index in [0.29, 0.717) is 40.5 Å². The van der Waals surface area contributed by atoms with Crippen molar-refractivity contribution in [1.82, 2.24) is 9.97 Å². The number of benzene rings is 3. The molecule has 0 aliphatic rings. The SMILES string of the molecule is COc1cc(/C=C(/C#N)c2nc3ccc(F)cc3[nH]2)ccc1OCc1ccc(Br)cc1. The third-order valence-corrected chi connectivity index (χ3v) is 5.15. The lowest BCUT2D eigenvalue weighted by molar-refractivity contribution is 0.284. The molecule has 0 bridgehead atoms. The molecule has 31 heavy (non-hydrogen) atoms. The highest BCUT2D eigenvalue weighted by Gasteiger charge is 2.11. The summed E-state index contributed by atoms with van der Waals surface area (Å²) in [5.74, 6) is 1.15. The van der Waals surface area contributed by atoms with Crippen LogP contribution in [0.5, 0.6) is 11.5 Å². The average Bonchev–Trinajstić information content (AvgIpc) is 3.20. The molecule has 0 spiro atoms. The number of aromatic amines is 1. The second-order valence-corrected chi connectivity index (χ2v) is 7.66. The van der Waals surface area contributed by atoms with Crippen LogP contribution in [0.25, 0.3) is 22.7 Å². The van der Waals surface area contributed by atoms with Crippen molar-refractivity contribution in [2.75, 3.05) is 7.11 Å². The van der Waals surface area contributed by atoms with Crippen LogP contribution in [0, 0.1) is 17.1 Å². The lowest BCUT2D eigenvalue weighted by atomic mass is 10.1. The zero-order chi connectivity index (χ0) is 21.8. The van der Waals surface area contributed by atoms with Gasteiger partial charge in [0.25, 0.3) is 0 Å². The molecule has 0 amide bonds. The molecule has 0 aliphatic heterocycles. The summed E-state index contributed by atoms with van der Waals surface area (Å²) >= 11 is 3.41. The summed E-state index contributed by atoms with van der Waals surface area (Å²) in [6.07, 6.45) is 1.69. The lowest BCUT2D eigenvalue weighted by Gasteiger charge is -2.11. The number of halogens is 2. The molecule has 0 radical (unpaired) electrons. The van der Waals surface area contributed by atoms with Gasteiger partial charge in [-0.3, -0.25) is 0 Å². The number of aromatic nitrogens is 2. The molecule has 1 aromatic heterocycles. The number of nitriles is 1. The van der Waals surface area contributed by atoms with Crippen LogP contribution in [0.2, 0.25) is 0 Å². The molecule has 1 heterocycles. The number of imidazole rings is 1. The van der Waals surface area contributed by atoms with Gasteiger partial charge < -0.3 is 14.5 Å². The zero-order valence-corrected chi connectivity index (χ0v) is 18.1. The molecule has 1 N–H and O–H groups in total. The van der Waals surface area contributed by atoms with E-state index in [-0.39, 0.29) is 5.82 Å². The van der Waals surface area contributed by atoms with Gasteiger partial charge in [0.2, 0.25) is 0 Å². The molecule has 7 heteroatoms. The number of nitrogens with one attached hydrogen (secondary N) is 1. The van der Waals surface area contributed by atoms with Crippen molar-refractivity contribution < 1.29 is 13.9 Å². The summed E-state index contributed by atoms with van der Waals surface area (Å²) in [6, 6.07) is 19.7. The van der Waals surface area contributed by atoms with Crippen LogP contribution in [0.3, 0.4) is 0 Å². The van der Waals surface area contributed by atoms with Gasteiger partial charge in [0.05, 0.1) is 23.7 Å². The topological polar surface area (TPSA) is 70.9 Å². The summed E-state index contributed by atoms with van der Waals surface area (Å²) < 4.78 is 25.8. The van der Waals surface area contributed by atoms with Gasteiger partial charge in [-0.15, -0.1) is 0 Å². The van der Waals surface area contributed by atoms with Gasteiger partial charge >= 0.3 is 0 Å². The Bertz CT molecular complexity index is 1310. The first-order valence-electron chi connectivity index (χ1n) is 9.38. The molecule has 154 valence electrons. The van der Waals surface area contributed by atoms with Crippen LogP contribution in [-0.4, -0.2) is 17.1 Å². The van der Waals surface area contributed by atoms with E-state index in [1.165, 1.54) is 12.1 Å². The van der Waals surface area contributed by atoms with Crippen molar-refractivity contribution in [2.45, 2.75) is 6.61 Å². The third-order valence-electron chi connectivity index (χ3n) is 4.63. The number of methoxy groups -OCH3 is 1. The smallest absolute Gasteiger partial charge is 0.161 e. The Morgan fingerprint density at radius 2 is 1.94 bits per heavy atom. The molecule has 4 rings (SSSR count). The monoisotopic (exact) mass is 477 g/mol. The summed E-state index contributed by atoms with van der Waals surface area (Å²) in [7, 11) is 1.56. The van der Waals surface area contributed by atoms with Crippen LogP contribution < -0.4 is 9.47 Å². The Hall–Kier alpha value is -3.63. The van der Waals surface area contributed by atoms with Crippen LogP contribution in [-0.2, 0) is 6.61 Å². The highest BCUT2D eigenvalue weighted by molar-refractivity contribution is 9.10. The quantitative estimate of drug-likeness (QED) is 0.339. The molecule has 0 saturated heterocycles. The molecule has 0 atom stereocenters. The van der Waals surface area contributed by atoms with E-state index < -0.39 is 0 Å². The second-order valence-electron chi connectivity index (χ2n) is 6.74. The minimum atomic E-state index is -0.367. The Morgan fingerprint density at radius 1 is 1.13 bits per heavy atom. The van der Waals surface area contributed by atoms with Gasteiger partial charge in [-0.1, -0.05) is 34.1 Å². The summed E-state index contributed by atoms with van der Waals surface area (Å²) in [6.45, 7) is 0.401. The molecule has 3 aromatic carbocycles. The van der Waals surface area contributed by atoms with Crippen molar-refractivity contribution in [2.24, 2.45) is 0 Å². The van der Waals surface area contributed by atoms with E-state index in [1.807, 2.05) is 30.3 Å². The molecule has 4 aromatic rings. The summed E-state index contributed by atoms with van der Waals surface area (Å²) in [4.78, 5) is 7.37. The van der Waals surface area contributed by atoms with Gasteiger partial charge in [-0.25, -0.2) is 9.37 Å². The predicted molar refractivity (Wildman–Crippen MR) is 121 cm³/mol. The summed E-state index contributed by atoms with van der Waals surface area (Å²) in [5.41, 5.74) is 3.22. The molecule has 0 saturated carbocycles. The second kappa shape index (κ2) is 9.02. The minimum absolute atomic E-state index is 0.321. The zero-order valence-electron chi connectivity index (χ0n) is 16.5. The molecule has 5 nitrogen and oxygen atoms in total.